The quantitative estimate of drug-likeness (QED) is 0.830. The normalized spacial score (nSPS) is 20.1. The van der Waals surface area contributed by atoms with Crippen molar-refractivity contribution in [2.45, 2.75) is 13.3 Å². The SMILES string of the molecule is Cc1ccc(CCP(=O)(O)CN2CCOCC2)nc1. The summed E-state index contributed by atoms with van der Waals surface area (Å²) in [6.07, 6.45) is 2.90. The summed E-state index contributed by atoms with van der Waals surface area (Å²) in [6, 6.07) is 3.90. The molecule has 1 unspecified atom stereocenters. The molecule has 6 heteroatoms. The molecule has 1 aromatic heterocycles. The lowest BCUT2D eigenvalue weighted by molar-refractivity contribution is 0.0453. The summed E-state index contributed by atoms with van der Waals surface area (Å²) in [5, 5.41) is 0. The van der Waals surface area contributed by atoms with E-state index in [1.165, 1.54) is 0 Å². The summed E-state index contributed by atoms with van der Waals surface area (Å²) in [6.45, 7) is 4.77. The summed E-state index contributed by atoms with van der Waals surface area (Å²) in [7, 11) is -3.11. The highest BCUT2D eigenvalue weighted by Crippen LogP contribution is 2.41. The zero-order valence-electron chi connectivity index (χ0n) is 11.3. The van der Waals surface area contributed by atoms with E-state index in [4.69, 9.17) is 4.74 Å². The Morgan fingerprint density at radius 1 is 1.42 bits per heavy atom. The molecule has 0 aromatic carbocycles. The molecule has 1 aliphatic heterocycles. The summed E-state index contributed by atoms with van der Waals surface area (Å²) in [5.74, 6) is 0. The molecule has 1 N–H and O–H groups in total. The molecule has 1 saturated heterocycles. The van der Waals surface area contributed by atoms with Gasteiger partial charge in [0.1, 0.15) is 0 Å². The summed E-state index contributed by atoms with van der Waals surface area (Å²) in [4.78, 5) is 16.3. The molecular weight excluding hydrogens is 263 g/mol. The van der Waals surface area contributed by atoms with Gasteiger partial charge in [-0.3, -0.25) is 14.4 Å². The van der Waals surface area contributed by atoms with Crippen LogP contribution >= 0.6 is 7.37 Å². The molecule has 1 aliphatic rings. The minimum absolute atomic E-state index is 0.266. The fourth-order valence-corrected chi connectivity index (χ4v) is 3.69. The van der Waals surface area contributed by atoms with Gasteiger partial charge >= 0.3 is 0 Å². The van der Waals surface area contributed by atoms with Gasteiger partial charge in [0.25, 0.3) is 0 Å². The average Bonchev–Trinajstić information content (AvgIpc) is 2.39. The molecule has 1 aromatic rings. The maximum absolute atomic E-state index is 12.2. The molecule has 1 atom stereocenters. The molecule has 19 heavy (non-hydrogen) atoms. The molecule has 1 fully saturated rings. The van der Waals surface area contributed by atoms with Gasteiger partial charge in [-0.1, -0.05) is 6.07 Å². The van der Waals surface area contributed by atoms with E-state index >= 15 is 0 Å². The number of nitrogens with zero attached hydrogens (tertiary/aromatic N) is 2. The van der Waals surface area contributed by atoms with Crippen LogP contribution in [0.15, 0.2) is 18.3 Å². The van der Waals surface area contributed by atoms with Crippen LogP contribution in [-0.4, -0.2) is 53.5 Å². The second kappa shape index (κ2) is 6.62. The monoisotopic (exact) mass is 284 g/mol. The lowest BCUT2D eigenvalue weighted by atomic mass is 10.2. The first kappa shape index (κ1) is 14.7. The third-order valence-electron chi connectivity index (χ3n) is 3.21. The summed E-state index contributed by atoms with van der Waals surface area (Å²) >= 11 is 0. The maximum Gasteiger partial charge on any atom is 0.214 e. The number of ether oxygens (including phenoxy) is 1. The fraction of sp³-hybridized carbons (Fsp3) is 0.615. The van der Waals surface area contributed by atoms with Gasteiger partial charge in [0.05, 0.1) is 19.5 Å². The standard InChI is InChI=1S/C13H21N2O3P/c1-12-2-3-13(14-10-12)4-9-19(16,17)11-15-5-7-18-8-6-15/h2-3,10H,4-9,11H2,1H3,(H,16,17). The van der Waals surface area contributed by atoms with Crippen LogP contribution in [0.5, 0.6) is 0 Å². The Hall–Kier alpha value is -0.740. The van der Waals surface area contributed by atoms with Crippen molar-refractivity contribution >= 4 is 7.37 Å². The number of hydrogen-bond acceptors (Lipinski definition) is 4. The van der Waals surface area contributed by atoms with Crippen LogP contribution in [0, 0.1) is 6.92 Å². The maximum atomic E-state index is 12.2. The number of rotatable bonds is 5. The van der Waals surface area contributed by atoms with Gasteiger partial charge in [0.2, 0.25) is 7.37 Å². The van der Waals surface area contributed by atoms with E-state index in [1.807, 2.05) is 24.0 Å². The van der Waals surface area contributed by atoms with Gasteiger partial charge in [-0.05, 0) is 25.0 Å². The Morgan fingerprint density at radius 2 is 2.16 bits per heavy atom. The minimum atomic E-state index is -3.11. The van der Waals surface area contributed by atoms with E-state index < -0.39 is 7.37 Å². The van der Waals surface area contributed by atoms with Gasteiger partial charge < -0.3 is 9.63 Å². The average molecular weight is 284 g/mol. The first-order chi connectivity index (χ1) is 9.05. The van der Waals surface area contributed by atoms with E-state index in [-0.39, 0.29) is 6.29 Å². The van der Waals surface area contributed by atoms with E-state index in [2.05, 4.69) is 4.98 Å². The highest BCUT2D eigenvalue weighted by Gasteiger charge is 2.23. The first-order valence-electron chi connectivity index (χ1n) is 6.58. The highest BCUT2D eigenvalue weighted by atomic mass is 31.2. The molecule has 0 radical (unpaired) electrons. The number of aryl methyl sites for hydroxylation is 2. The third-order valence-corrected chi connectivity index (χ3v) is 4.98. The third kappa shape index (κ3) is 5.03. The van der Waals surface area contributed by atoms with Crippen molar-refractivity contribution in [2.24, 2.45) is 0 Å². The molecule has 2 rings (SSSR count). The number of hydrogen-bond donors (Lipinski definition) is 1. The molecule has 106 valence electrons. The van der Waals surface area contributed by atoms with Crippen molar-refractivity contribution in [1.29, 1.82) is 0 Å². The van der Waals surface area contributed by atoms with Gasteiger partial charge in [0, 0.05) is 31.1 Å². The van der Waals surface area contributed by atoms with Crippen LogP contribution in [0.3, 0.4) is 0 Å². The Balaban J connectivity index is 1.82. The second-order valence-electron chi connectivity index (χ2n) is 5.02. The van der Waals surface area contributed by atoms with Crippen molar-refractivity contribution < 1.29 is 14.2 Å². The predicted molar refractivity (Wildman–Crippen MR) is 74.6 cm³/mol. The van der Waals surface area contributed by atoms with Crippen LogP contribution in [0.2, 0.25) is 0 Å². The largest absolute Gasteiger partial charge is 0.379 e. The van der Waals surface area contributed by atoms with Gasteiger partial charge in [-0.2, -0.15) is 0 Å². The van der Waals surface area contributed by atoms with E-state index in [0.717, 1.165) is 24.3 Å². The predicted octanol–water partition coefficient (Wildman–Crippen LogP) is 1.49. The van der Waals surface area contributed by atoms with Gasteiger partial charge in [-0.15, -0.1) is 0 Å². The topological polar surface area (TPSA) is 62.7 Å². The van der Waals surface area contributed by atoms with Crippen molar-refractivity contribution in [1.82, 2.24) is 9.88 Å². The lowest BCUT2D eigenvalue weighted by Crippen LogP contribution is -2.37. The van der Waals surface area contributed by atoms with Gasteiger partial charge in [-0.25, -0.2) is 0 Å². The molecule has 0 spiro atoms. The molecule has 0 bridgehead atoms. The second-order valence-corrected chi connectivity index (χ2v) is 7.44. The Bertz CT molecular complexity index is 444. The van der Waals surface area contributed by atoms with Crippen molar-refractivity contribution in [3.8, 4) is 0 Å². The smallest absolute Gasteiger partial charge is 0.214 e. The number of pyridine rings is 1. The Kier molecular flexibility index (Phi) is 5.11. The highest BCUT2D eigenvalue weighted by molar-refractivity contribution is 7.57. The molecule has 0 amide bonds. The van der Waals surface area contributed by atoms with Crippen LogP contribution < -0.4 is 0 Å². The molecule has 0 aliphatic carbocycles. The van der Waals surface area contributed by atoms with Crippen LogP contribution in [0.1, 0.15) is 11.3 Å². The lowest BCUT2D eigenvalue weighted by Gasteiger charge is -2.28. The zero-order chi connectivity index (χ0) is 13.7. The zero-order valence-corrected chi connectivity index (χ0v) is 12.2. The number of morpholine rings is 1. The van der Waals surface area contributed by atoms with Crippen LogP contribution in [0.4, 0.5) is 0 Å². The molecular formula is C13H21N2O3P. The van der Waals surface area contributed by atoms with E-state index in [9.17, 15) is 9.46 Å². The van der Waals surface area contributed by atoms with Crippen LogP contribution in [0.25, 0.3) is 0 Å². The van der Waals surface area contributed by atoms with Gasteiger partial charge in [0.15, 0.2) is 0 Å². The van der Waals surface area contributed by atoms with E-state index in [1.54, 1.807) is 6.20 Å². The van der Waals surface area contributed by atoms with E-state index in [0.29, 0.717) is 25.8 Å². The first-order valence-corrected chi connectivity index (χ1v) is 8.61. The Morgan fingerprint density at radius 3 is 2.79 bits per heavy atom. The van der Waals surface area contributed by atoms with Crippen molar-refractivity contribution in [3.63, 3.8) is 0 Å². The van der Waals surface area contributed by atoms with Crippen LogP contribution in [-0.2, 0) is 15.7 Å². The van der Waals surface area contributed by atoms with Crippen molar-refractivity contribution in [3.05, 3.63) is 29.6 Å². The molecule has 0 saturated carbocycles. The molecule has 5 nitrogen and oxygen atoms in total. The minimum Gasteiger partial charge on any atom is -0.379 e. The number of aromatic nitrogens is 1. The fourth-order valence-electron chi connectivity index (χ4n) is 2.06. The molecule has 2 heterocycles. The summed E-state index contributed by atoms with van der Waals surface area (Å²) < 4.78 is 17.4. The summed E-state index contributed by atoms with van der Waals surface area (Å²) in [5.41, 5.74) is 1.98. The van der Waals surface area contributed by atoms with Crippen molar-refractivity contribution in [2.75, 3.05) is 38.8 Å². The Labute approximate surface area is 114 Å².